The summed E-state index contributed by atoms with van der Waals surface area (Å²) in [6.07, 6.45) is 2.59. The van der Waals surface area contributed by atoms with Gasteiger partial charge in [0.1, 0.15) is 0 Å². The summed E-state index contributed by atoms with van der Waals surface area (Å²) in [4.78, 5) is 17.0. The van der Waals surface area contributed by atoms with Crippen molar-refractivity contribution in [3.8, 4) is 0 Å². The Labute approximate surface area is 150 Å². The Kier molecular flexibility index (Phi) is 5.71. The number of benzene rings is 2. The van der Waals surface area contributed by atoms with Crippen LogP contribution in [0, 0.1) is 0 Å². The van der Waals surface area contributed by atoms with Gasteiger partial charge < -0.3 is 10.2 Å². The molecular weight excluding hydrogens is 310 g/mol. The van der Waals surface area contributed by atoms with Gasteiger partial charge in [-0.25, -0.2) is 0 Å². The number of nitrogens with one attached hydrogen (secondary N) is 1. The lowest BCUT2D eigenvalue weighted by atomic mass is 10.1. The van der Waals surface area contributed by atoms with E-state index in [2.05, 4.69) is 28.4 Å². The molecule has 0 bridgehead atoms. The van der Waals surface area contributed by atoms with Crippen molar-refractivity contribution in [2.75, 3.05) is 32.1 Å². The van der Waals surface area contributed by atoms with Crippen LogP contribution in [0.4, 0.5) is 5.69 Å². The number of hydrogen-bond acceptors (Lipinski definition) is 3. The van der Waals surface area contributed by atoms with Crippen LogP contribution in [0.25, 0.3) is 0 Å². The Morgan fingerprint density at radius 2 is 1.76 bits per heavy atom. The van der Waals surface area contributed by atoms with Gasteiger partial charge in [-0.2, -0.15) is 0 Å². The second-order valence-electron chi connectivity index (χ2n) is 6.88. The monoisotopic (exact) mass is 337 g/mol. The second kappa shape index (κ2) is 8.17. The first kappa shape index (κ1) is 17.5. The van der Waals surface area contributed by atoms with Crippen LogP contribution >= 0.6 is 0 Å². The zero-order valence-corrected chi connectivity index (χ0v) is 15.2. The molecule has 1 amide bonds. The molecule has 1 aliphatic rings. The Balaban J connectivity index is 1.65. The lowest BCUT2D eigenvalue weighted by Gasteiger charge is -2.18. The fourth-order valence-electron chi connectivity index (χ4n) is 3.27. The highest BCUT2D eigenvalue weighted by molar-refractivity contribution is 5.95. The van der Waals surface area contributed by atoms with Gasteiger partial charge in [0.2, 0.25) is 0 Å². The van der Waals surface area contributed by atoms with Crippen LogP contribution in [0.3, 0.4) is 0 Å². The molecule has 0 atom stereocenters. The van der Waals surface area contributed by atoms with Crippen molar-refractivity contribution in [2.24, 2.45) is 0 Å². The second-order valence-corrected chi connectivity index (χ2v) is 6.88. The van der Waals surface area contributed by atoms with Crippen LogP contribution in [0.15, 0.2) is 48.5 Å². The fourth-order valence-corrected chi connectivity index (χ4v) is 3.27. The highest BCUT2D eigenvalue weighted by atomic mass is 16.1. The van der Waals surface area contributed by atoms with E-state index in [9.17, 15) is 4.79 Å². The van der Waals surface area contributed by atoms with Crippen molar-refractivity contribution in [2.45, 2.75) is 25.9 Å². The summed E-state index contributed by atoms with van der Waals surface area (Å²) in [5, 5.41) is 3.07. The molecule has 132 valence electrons. The quantitative estimate of drug-likeness (QED) is 0.879. The Hall–Kier alpha value is -2.33. The van der Waals surface area contributed by atoms with Crippen molar-refractivity contribution >= 4 is 11.6 Å². The number of likely N-dealkylation sites (tertiary alicyclic amines) is 1. The van der Waals surface area contributed by atoms with Crippen LogP contribution in [-0.4, -0.2) is 38.0 Å². The molecular formula is C21H27N3O. The van der Waals surface area contributed by atoms with Gasteiger partial charge in [0.15, 0.2) is 0 Å². The summed E-state index contributed by atoms with van der Waals surface area (Å²) in [7, 11) is 3.96. The summed E-state index contributed by atoms with van der Waals surface area (Å²) in [6.45, 7) is 3.90. The minimum atomic E-state index is -0.0281. The summed E-state index contributed by atoms with van der Waals surface area (Å²) in [5.74, 6) is -0.0281. The van der Waals surface area contributed by atoms with Gasteiger partial charge in [-0.1, -0.05) is 30.3 Å². The molecule has 1 fully saturated rings. The van der Waals surface area contributed by atoms with E-state index in [0.717, 1.165) is 12.2 Å². The SMILES string of the molecule is CN(C)c1cccc(C(=O)NCc2ccccc2CN2CCCC2)c1. The Morgan fingerprint density at radius 3 is 2.48 bits per heavy atom. The van der Waals surface area contributed by atoms with E-state index < -0.39 is 0 Å². The molecule has 0 aliphatic carbocycles. The topological polar surface area (TPSA) is 35.6 Å². The van der Waals surface area contributed by atoms with E-state index in [0.29, 0.717) is 12.1 Å². The highest BCUT2D eigenvalue weighted by Crippen LogP contribution is 2.17. The number of rotatable bonds is 6. The maximum atomic E-state index is 12.5. The van der Waals surface area contributed by atoms with E-state index in [1.54, 1.807) is 0 Å². The van der Waals surface area contributed by atoms with Crippen LogP contribution in [0.1, 0.15) is 34.3 Å². The van der Waals surface area contributed by atoms with Crippen molar-refractivity contribution in [1.29, 1.82) is 0 Å². The molecule has 25 heavy (non-hydrogen) atoms. The Morgan fingerprint density at radius 1 is 1.04 bits per heavy atom. The molecule has 0 saturated carbocycles. The third kappa shape index (κ3) is 4.60. The summed E-state index contributed by atoms with van der Waals surface area (Å²) in [5.41, 5.74) is 4.24. The van der Waals surface area contributed by atoms with Crippen molar-refractivity contribution in [3.05, 3.63) is 65.2 Å². The van der Waals surface area contributed by atoms with Crippen LogP contribution in [0.5, 0.6) is 0 Å². The standard InChI is InChI=1S/C21H27N3O/c1-23(2)20-11-7-10-17(14-20)21(25)22-15-18-8-3-4-9-19(18)16-24-12-5-6-13-24/h3-4,7-11,14H,5-6,12-13,15-16H2,1-2H3,(H,22,25). The first-order chi connectivity index (χ1) is 12.1. The molecule has 2 aromatic carbocycles. The van der Waals surface area contributed by atoms with Crippen LogP contribution in [0.2, 0.25) is 0 Å². The number of carbonyl (C=O) groups is 1. The van der Waals surface area contributed by atoms with Gasteiger partial charge in [0, 0.05) is 38.4 Å². The first-order valence-corrected chi connectivity index (χ1v) is 8.98. The van der Waals surface area contributed by atoms with E-state index in [-0.39, 0.29) is 5.91 Å². The Bertz CT molecular complexity index is 721. The van der Waals surface area contributed by atoms with Crippen molar-refractivity contribution in [3.63, 3.8) is 0 Å². The smallest absolute Gasteiger partial charge is 0.251 e. The lowest BCUT2D eigenvalue weighted by molar-refractivity contribution is 0.0951. The molecule has 0 unspecified atom stereocenters. The minimum absolute atomic E-state index is 0.0281. The maximum Gasteiger partial charge on any atom is 0.251 e. The lowest BCUT2D eigenvalue weighted by Crippen LogP contribution is -2.25. The van der Waals surface area contributed by atoms with Crippen molar-refractivity contribution in [1.82, 2.24) is 10.2 Å². The molecule has 4 heteroatoms. The largest absolute Gasteiger partial charge is 0.378 e. The number of anilines is 1. The van der Waals surface area contributed by atoms with E-state index in [1.807, 2.05) is 49.3 Å². The third-order valence-electron chi connectivity index (χ3n) is 4.78. The average molecular weight is 337 g/mol. The molecule has 4 nitrogen and oxygen atoms in total. The number of amides is 1. The predicted molar refractivity (Wildman–Crippen MR) is 103 cm³/mol. The molecule has 1 heterocycles. The average Bonchev–Trinajstić information content (AvgIpc) is 3.14. The third-order valence-corrected chi connectivity index (χ3v) is 4.78. The van der Waals surface area contributed by atoms with Gasteiger partial charge in [-0.3, -0.25) is 9.69 Å². The zero-order valence-electron chi connectivity index (χ0n) is 15.2. The molecule has 1 saturated heterocycles. The fraction of sp³-hybridized carbons (Fsp3) is 0.381. The number of nitrogens with zero attached hydrogens (tertiary/aromatic N) is 2. The molecule has 3 rings (SSSR count). The minimum Gasteiger partial charge on any atom is -0.378 e. The van der Waals surface area contributed by atoms with Crippen LogP contribution in [-0.2, 0) is 13.1 Å². The van der Waals surface area contributed by atoms with Gasteiger partial charge in [0.05, 0.1) is 0 Å². The normalized spacial score (nSPS) is 14.5. The van der Waals surface area contributed by atoms with Gasteiger partial charge in [-0.15, -0.1) is 0 Å². The van der Waals surface area contributed by atoms with Gasteiger partial charge in [0.25, 0.3) is 5.91 Å². The first-order valence-electron chi connectivity index (χ1n) is 8.98. The summed E-state index contributed by atoms with van der Waals surface area (Å²) in [6, 6.07) is 16.1. The molecule has 0 spiro atoms. The van der Waals surface area contributed by atoms with E-state index >= 15 is 0 Å². The highest BCUT2D eigenvalue weighted by Gasteiger charge is 2.14. The predicted octanol–water partition coefficient (Wildman–Crippen LogP) is 3.28. The van der Waals surface area contributed by atoms with Gasteiger partial charge >= 0.3 is 0 Å². The molecule has 1 aliphatic heterocycles. The maximum absolute atomic E-state index is 12.5. The number of hydrogen-bond donors (Lipinski definition) is 1. The summed E-state index contributed by atoms with van der Waals surface area (Å²) >= 11 is 0. The van der Waals surface area contributed by atoms with Gasteiger partial charge in [-0.05, 0) is 55.3 Å². The molecule has 0 aromatic heterocycles. The molecule has 2 aromatic rings. The number of carbonyl (C=O) groups excluding carboxylic acids is 1. The van der Waals surface area contributed by atoms with Crippen molar-refractivity contribution < 1.29 is 4.79 Å². The zero-order chi connectivity index (χ0) is 17.6. The van der Waals surface area contributed by atoms with E-state index in [4.69, 9.17) is 0 Å². The van der Waals surface area contributed by atoms with E-state index in [1.165, 1.54) is 37.1 Å². The molecule has 1 N–H and O–H groups in total. The summed E-state index contributed by atoms with van der Waals surface area (Å²) < 4.78 is 0. The molecule has 0 radical (unpaired) electrons. The van der Waals surface area contributed by atoms with Crippen LogP contribution < -0.4 is 10.2 Å².